The molecular weight excluding hydrogens is 348 g/mol. The van der Waals surface area contributed by atoms with Gasteiger partial charge in [-0.1, -0.05) is 55.8 Å². The lowest BCUT2D eigenvalue weighted by atomic mass is 10.0. The molecule has 3 aromatic rings. The number of hydrogen-bond acceptors (Lipinski definition) is 2. The van der Waals surface area contributed by atoms with Crippen molar-refractivity contribution in [1.82, 2.24) is 15.1 Å². The monoisotopic (exact) mass is 376 g/mol. The third kappa shape index (κ3) is 4.25. The predicted molar refractivity (Wildman–Crippen MR) is 114 cm³/mol. The average molecular weight is 377 g/mol. The van der Waals surface area contributed by atoms with Gasteiger partial charge in [0.25, 0.3) is 0 Å². The Morgan fingerprint density at radius 1 is 1.07 bits per heavy atom. The van der Waals surface area contributed by atoms with Crippen molar-refractivity contribution >= 4 is 11.7 Å². The number of carbonyl (C=O) groups is 1. The van der Waals surface area contributed by atoms with E-state index in [9.17, 15) is 4.79 Å². The maximum Gasteiger partial charge on any atom is 0.322 e. The number of urea groups is 1. The van der Waals surface area contributed by atoms with Crippen LogP contribution >= 0.6 is 0 Å². The summed E-state index contributed by atoms with van der Waals surface area (Å²) in [5, 5.41) is 10.6. The first-order valence-electron chi connectivity index (χ1n) is 9.86. The molecule has 0 aliphatic carbocycles. The van der Waals surface area contributed by atoms with Gasteiger partial charge in [0, 0.05) is 35.5 Å². The van der Waals surface area contributed by atoms with Crippen LogP contribution in [0.3, 0.4) is 0 Å². The Balaban J connectivity index is 0.00000109. The minimum atomic E-state index is -0.0719. The van der Waals surface area contributed by atoms with E-state index in [0.717, 1.165) is 40.2 Å². The van der Waals surface area contributed by atoms with Crippen LogP contribution in [0.1, 0.15) is 36.2 Å². The summed E-state index contributed by atoms with van der Waals surface area (Å²) in [5.74, 6) is 0. The summed E-state index contributed by atoms with van der Waals surface area (Å²) in [7, 11) is 0. The molecule has 0 fully saturated rings. The fourth-order valence-corrected chi connectivity index (χ4v) is 3.34. The molecule has 0 spiro atoms. The minimum absolute atomic E-state index is 0.0719. The number of aryl methyl sites for hydroxylation is 2. The van der Waals surface area contributed by atoms with Crippen molar-refractivity contribution in [2.45, 2.75) is 40.7 Å². The maximum absolute atomic E-state index is 12.7. The SMILES string of the molecule is CC.Cc1ccc(-c2n[nH]c3c2CN(C(=O)Nc2cccc(C)c2)CC3)cc1. The number of H-pyrrole nitrogens is 1. The number of hydrogen-bond donors (Lipinski definition) is 2. The van der Waals surface area contributed by atoms with Crippen molar-refractivity contribution in [2.75, 3.05) is 11.9 Å². The zero-order valence-corrected chi connectivity index (χ0v) is 17.0. The molecular formula is C23H28N4O. The molecule has 2 aromatic carbocycles. The molecule has 2 amide bonds. The largest absolute Gasteiger partial charge is 0.322 e. The summed E-state index contributed by atoms with van der Waals surface area (Å²) in [6.07, 6.45) is 0.787. The van der Waals surface area contributed by atoms with Crippen molar-refractivity contribution < 1.29 is 4.79 Å². The number of aromatic nitrogens is 2. The van der Waals surface area contributed by atoms with Gasteiger partial charge in [0.1, 0.15) is 0 Å². The van der Waals surface area contributed by atoms with Crippen LogP contribution in [0.2, 0.25) is 0 Å². The Bertz CT molecular complexity index is 943. The molecule has 0 saturated carbocycles. The van der Waals surface area contributed by atoms with Gasteiger partial charge in [-0.15, -0.1) is 0 Å². The second-order valence-corrected chi connectivity index (χ2v) is 6.87. The molecule has 0 unspecified atom stereocenters. The standard InChI is InChI=1S/C21H22N4O.C2H6/c1-14-6-8-16(9-7-14)20-18-13-25(11-10-19(18)23-24-20)21(26)22-17-5-3-4-15(2)12-17;1-2/h3-9,12H,10-11,13H2,1-2H3,(H,22,26)(H,23,24);1-2H3. The number of benzene rings is 2. The van der Waals surface area contributed by atoms with E-state index < -0.39 is 0 Å². The highest BCUT2D eigenvalue weighted by Gasteiger charge is 2.25. The van der Waals surface area contributed by atoms with Crippen LogP contribution in [0.5, 0.6) is 0 Å². The molecule has 2 heterocycles. The predicted octanol–water partition coefficient (Wildman–Crippen LogP) is 5.31. The summed E-state index contributed by atoms with van der Waals surface area (Å²) in [5.41, 5.74) is 7.42. The van der Waals surface area contributed by atoms with Crippen molar-refractivity contribution in [3.8, 4) is 11.3 Å². The molecule has 0 atom stereocenters. The summed E-state index contributed by atoms with van der Waals surface area (Å²) >= 11 is 0. The fourth-order valence-electron chi connectivity index (χ4n) is 3.34. The number of nitrogens with zero attached hydrogens (tertiary/aromatic N) is 2. The number of carbonyl (C=O) groups excluding carboxylic acids is 1. The minimum Gasteiger partial charge on any atom is -0.320 e. The normalized spacial score (nSPS) is 12.6. The molecule has 1 aliphatic heterocycles. The lowest BCUT2D eigenvalue weighted by Gasteiger charge is -2.27. The molecule has 146 valence electrons. The first kappa shape index (κ1) is 19.7. The number of rotatable bonds is 2. The first-order valence-corrected chi connectivity index (χ1v) is 9.86. The molecule has 0 saturated heterocycles. The Kier molecular flexibility index (Phi) is 6.14. The molecule has 5 nitrogen and oxygen atoms in total. The van der Waals surface area contributed by atoms with Gasteiger partial charge in [-0.25, -0.2) is 4.79 Å². The van der Waals surface area contributed by atoms with Crippen LogP contribution < -0.4 is 5.32 Å². The Morgan fingerprint density at radius 2 is 1.82 bits per heavy atom. The third-order valence-corrected chi connectivity index (χ3v) is 4.82. The lowest BCUT2D eigenvalue weighted by Crippen LogP contribution is -2.38. The topological polar surface area (TPSA) is 61.0 Å². The van der Waals surface area contributed by atoms with Crippen LogP contribution in [0, 0.1) is 13.8 Å². The van der Waals surface area contributed by atoms with Crippen LogP contribution in [0.25, 0.3) is 11.3 Å². The van der Waals surface area contributed by atoms with E-state index >= 15 is 0 Å². The second kappa shape index (κ2) is 8.74. The van der Waals surface area contributed by atoms with Crippen LogP contribution in [0.15, 0.2) is 48.5 Å². The molecule has 0 bridgehead atoms. The zero-order valence-electron chi connectivity index (χ0n) is 17.0. The van der Waals surface area contributed by atoms with Gasteiger partial charge in [-0.2, -0.15) is 5.10 Å². The van der Waals surface area contributed by atoms with Gasteiger partial charge < -0.3 is 10.2 Å². The van der Waals surface area contributed by atoms with E-state index in [-0.39, 0.29) is 6.03 Å². The summed E-state index contributed by atoms with van der Waals surface area (Å²) in [6.45, 7) is 9.33. The molecule has 4 rings (SSSR count). The lowest BCUT2D eigenvalue weighted by molar-refractivity contribution is 0.206. The second-order valence-electron chi connectivity index (χ2n) is 6.87. The number of fused-ring (bicyclic) bond motifs is 1. The Morgan fingerprint density at radius 3 is 2.54 bits per heavy atom. The highest BCUT2D eigenvalue weighted by atomic mass is 16.2. The van der Waals surface area contributed by atoms with Gasteiger partial charge in [0.15, 0.2) is 0 Å². The van der Waals surface area contributed by atoms with Crippen molar-refractivity contribution in [2.24, 2.45) is 0 Å². The molecule has 28 heavy (non-hydrogen) atoms. The van der Waals surface area contributed by atoms with E-state index in [1.807, 2.05) is 49.9 Å². The third-order valence-electron chi connectivity index (χ3n) is 4.82. The smallest absolute Gasteiger partial charge is 0.320 e. The highest BCUT2D eigenvalue weighted by Crippen LogP contribution is 2.28. The van der Waals surface area contributed by atoms with Crippen LogP contribution in [0.4, 0.5) is 10.5 Å². The summed E-state index contributed by atoms with van der Waals surface area (Å²) < 4.78 is 0. The van der Waals surface area contributed by atoms with E-state index in [1.165, 1.54) is 5.56 Å². The van der Waals surface area contributed by atoms with E-state index in [4.69, 9.17) is 0 Å². The number of aromatic amines is 1. The van der Waals surface area contributed by atoms with Gasteiger partial charge in [-0.05, 0) is 31.5 Å². The van der Waals surface area contributed by atoms with E-state index in [0.29, 0.717) is 13.1 Å². The maximum atomic E-state index is 12.7. The van der Waals surface area contributed by atoms with E-state index in [1.54, 1.807) is 0 Å². The quantitative estimate of drug-likeness (QED) is 0.637. The number of anilines is 1. The molecule has 1 aliphatic rings. The van der Waals surface area contributed by atoms with Crippen molar-refractivity contribution in [3.05, 3.63) is 70.9 Å². The van der Waals surface area contributed by atoms with Gasteiger partial charge in [0.05, 0.1) is 12.2 Å². The molecule has 1 aromatic heterocycles. The van der Waals surface area contributed by atoms with Crippen molar-refractivity contribution in [3.63, 3.8) is 0 Å². The Hall–Kier alpha value is -3.08. The zero-order chi connectivity index (χ0) is 20.1. The average Bonchev–Trinajstić information content (AvgIpc) is 3.13. The first-order chi connectivity index (χ1) is 13.6. The number of amides is 2. The fraction of sp³-hybridized carbons (Fsp3) is 0.304. The molecule has 2 N–H and O–H groups in total. The van der Waals surface area contributed by atoms with Crippen molar-refractivity contribution in [1.29, 1.82) is 0 Å². The highest BCUT2D eigenvalue weighted by molar-refractivity contribution is 5.89. The molecule has 0 radical (unpaired) electrons. The Labute approximate surface area is 166 Å². The molecule has 5 heteroatoms. The summed E-state index contributed by atoms with van der Waals surface area (Å²) in [4.78, 5) is 14.5. The van der Waals surface area contributed by atoms with Gasteiger partial charge in [-0.3, -0.25) is 5.10 Å². The van der Waals surface area contributed by atoms with Crippen LogP contribution in [-0.2, 0) is 13.0 Å². The van der Waals surface area contributed by atoms with Crippen LogP contribution in [-0.4, -0.2) is 27.7 Å². The van der Waals surface area contributed by atoms with E-state index in [2.05, 4.69) is 46.7 Å². The van der Waals surface area contributed by atoms with Gasteiger partial charge in [0.2, 0.25) is 0 Å². The summed E-state index contributed by atoms with van der Waals surface area (Å²) in [6, 6.07) is 16.1. The number of nitrogens with one attached hydrogen (secondary N) is 2. The van der Waals surface area contributed by atoms with Gasteiger partial charge >= 0.3 is 6.03 Å².